The summed E-state index contributed by atoms with van der Waals surface area (Å²) in [4.78, 5) is 11.3. The smallest absolute Gasteiger partial charge is 0.307 e. The molecule has 22 heavy (non-hydrogen) atoms. The second kappa shape index (κ2) is 6.55. The predicted molar refractivity (Wildman–Crippen MR) is 84.4 cm³/mol. The lowest BCUT2D eigenvalue weighted by molar-refractivity contribution is -0.143. The Hall–Kier alpha value is -1.12. The van der Waals surface area contributed by atoms with Crippen LogP contribution in [0.2, 0.25) is 0 Å². The van der Waals surface area contributed by atoms with Crippen LogP contribution in [-0.4, -0.2) is 44.0 Å². The third-order valence-corrected chi connectivity index (χ3v) is 6.07. The number of piperidine rings is 1. The number of carbonyl (C=O) groups is 1. The number of carboxylic acids is 1. The van der Waals surface area contributed by atoms with Crippen molar-refractivity contribution in [1.29, 1.82) is 0 Å². The zero-order chi connectivity index (χ0) is 16.5. The molecule has 1 aromatic carbocycles. The molecule has 2 atom stereocenters. The Kier molecular flexibility index (Phi) is 5.14. The number of hydrogen-bond donors (Lipinski definition) is 1. The van der Waals surface area contributed by atoms with Gasteiger partial charge in [0.15, 0.2) is 0 Å². The molecule has 0 aromatic heterocycles. The van der Waals surface area contributed by atoms with Crippen LogP contribution in [0.25, 0.3) is 0 Å². The van der Waals surface area contributed by atoms with Crippen molar-refractivity contribution in [2.45, 2.75) is 18.2 Å². The highest BCUT2D eigenvalue weighted by molar-refractivity contribution is 9.10. The number of sulfonamides is 1. The second-order valence-electron chi connectivity index (χ2n) is 5.49. The molecule has 0 radical (unpaired) electrons. The van der Waals surface area contributed by atoms with E-state index in [1.807, 2.05) is 6.92 Å². The molecule has 2 rings (SSSR count). The zero-order valence-corrected chi connectivity index (χ0v) is 14.7. The topological polar surface area (TPSA) is 83.9 Å². The highest BCUT2D eigenvalue weighted by Crippen LogP contribution is 2.33. The first-order valence-electron chi connectivity index (χ1n) is 6.82. The van der Waals surface area contributed by atoms with Crippen molar-refractivity contribution in [3.05, 3.63) is 22.7 Å². The molecule has 1 saturated heterocycles. The van der Waals surface area contributed by atoms with E-state index in [0.717, 1.165) is 0 Å². The molecule has 1 aliphatic heterocycles. The van der Waals surface area contributed by atoms with Gasteiger partial charge >= 0.3 is 5.97 Å². The van der Waals surface area contributed by atoms with Gasteiger partial charge in [-0.25, -0.2) is 8.42 Å². The zero-order valence-electron chi connectivity index (χ0n) is 12.3. The molecule has 1 fully saturated rings. The maximum Gasteiger partial charge on any atom is 0.307 e. The Bertz CT molecular complexity index is 676. The molecular formula is C14H18BrNO5S. The highest BCUT2D eigenvalue weighted by Gasteiger charge is 2.37. The summed E-state index contributed by atoms with van der Waals surface area (Å²) in [5.41, 5.74) is 0. The highest BCUT2D eigenvalue weighted by atomic mass is 79.9. The summed E-state index contributed by atoms with van der Waals surface area (Å²) < 4.78 is 32.7. The van der Waals surface area contributed by atoms with Gasteiger partial charge in [-0.3, -0.25) is 4.79 Å². The fourth-order valence-corrected chi connectivity index (χ4v) is 4.97. The molecule has 6 nitrogen and oxygen atoms in total. The average molecular weight is 392 g/mol. The minimum Gasteiger partial charge on any atom is -0.495 e. The summed E-state index contributed by atoms with van der Waals surface area (Å²) in [5.74, 6) is -1.42. The fourth-order valence-electron chi connectivity index (χ4n) is 2.67. The number of benzene rings is 1. The van der Waals surface area contributed by atoms with Crippen molar-refractivity contribution in [2.75, 3.05) is 20.2 Å². The van der Waals surface area contributed by atoms with Gasteiger partial charge in [-0.05, 0) is 30.5 Å². The number of methoxy groups -OCH3 is 1. The maximum atomic E-state index is 12.9. The lowest BCUT2D eigenvalue weighted by atomic mass is 9.92. The second-order valence-corrected chi connectivity index (χ2v) is 8.32. The van der Waals surface area contributed by atoms with Crippen LogP contribution in [0.15, 0.2) is 27.6 Å². The van der Waals surface area contributed by atoms with Crippen LogP contribution < -0.4 is 4.74 Å². The lowest BCUT2D eigenvalue weighted by Crippen LogP contribution is -2.45. The van der Waals surface area contributed by atoms with Crippen LogP contribution in [-0.2, 0) is 14.8 Å². The van der Waals surface area contributed by atoms with Crippen molar-refractivity contribution < 1.29 is 23.1 Å². The molecule has 8 heteroatoms. The third kappa shape index (κ3) is 3.44. The molecule has 2 unspecified atom stereocenters. The van der Waals surface area contributed by atoms with E-state index < -0.39 is 21.9 Å². The maximum absolute atomic E-state index is 12.9. The van der Waals surface area contributed by atoms with Crippen LogP contribution in [0.1, 0.15) is 13.3 Å². The predicted octanol–water partition coefficient (Wildman–Crippen LogP) is 2.19. The van der Waals surface area contributed by atoms with Gasteiger partial charge in [-0.2, -0.15) is 4.31 Å². The number of ether oxygens (including phenoxy) is 1. The molecule has 122 valence electrons. The molecule has 0 bridgehead atoms. The lowest BCUT2D eigenvalue weighted by Gasteiger charge is -2.34. The summed E-state index contributed by atoms with van der Waals surface area (Å²) >= 11 is 3.26. The van der Waals surface area contributed by atoms with Gasteiger partial charge < -0.3 is 9.84 Å². The van der Waals surface area contributed by atoms with Gasteiger partial charge in [0, 0.05) is 17.6 Å². The van der Waals surface area contributed by atoms with Crippen LogP contribution in [0.3, 0.4) is 0 Å². The van der Waals surface area contributed by atoms with Crippen molar-refractivity contribution in [2.24, 2.45) is 11.8 Å². The van der Waals surface area contributed by atoms with E-state index in [0.29, 0.717) is 17.4 Å². The van der Waals surface area contributed by atoms with Gasteiger partial charge in [0.25, 0.3) is 0 Å². The van der Waals surface area contributed by atoms with Crippen LogP contribution in [0.4, 0.5) is 0 Å². The summed E-state index contributed by atoms with van der Waals surface area (Å²) in [6.45, 7) is 2.15. The fraction of sp³-hybridized carbons (Fsp3) is 0.500. The summed E-state index contributed by atoms with van der Waals surface area (Å²) in [6, 6.07) is 4.74. The molecule has 0 spiro atoms. The quantitative estimate of drug-likeness (QED) is 0.849. The molecule has 1 aliphatic rings. The number of halogens is 1. The van der Waals surface area contributed by atoms with Crippen molar-refractivity contribution >= 4 is 31.9 Å². The Balaban J connectivity index is 2.41. The van der Waals surface area contributed by atoms with Crippen LogP contribution in [0, 0.1) is 11.8 Å². The average Bonchev–Trinajstić information content (AvgIpc) is 2.46. The summed E-state index contributed by atoms with van der Waals surface area (Å²) in [7, 11) is -2.41. The number of rotatable bonds is 4. The Morgan fingerprint density at radius 2 is 2.09 bits per heavy atom. The van der Waals surface area contributed by atoms with E-state index in [9.17, 15) is 18.3 Å². The van der Waals surface area contributed by atoms with Gasteiger partial charge in [-0.15, -0.1) is 0 Å². The monoisotopic (exact) mass is 391 g/mol. The van der Waals surface area contributed by atoms with Gasteiger partial charge in [0.2, 0.25) is 10.0 Å². The molecule has 0 aliphatic carbocycles. The summed E-state index contributed by atoms with van der Waals surface area (Å²) in [6.07, 6.45) is 0.483. The molecule has 1 N–H and O–H groups in total. The van der Waals surface area contributed by atoms with E-state index in [4.69, 9.17) is 4.74 Å². The largest absolute Gasteiger partial charge is 0.495 e. The van der Waals surface area contributed by atoms with Gasteiger partial charge in [0.1, 0.15) is 10.6 Å². The van der Waals surface area contributed by atoms with Crippen molar-refractivity contribution in [3.63, 3.8) is 0 Å². The van der Waals surface area contributed by atoms with E-state index in [1.165, 1.54) is 17.5 Å². The first-order valence-corrected chi connectivity index (χ1v) is 9.05. The normalized spacial score (nSPS) is 23.2. The van der Waals surface area contributed by atoms with Crippen LogP contribution in [0.5, 0.6) is 5.75 Å². The first kappa shape index (κ1) is 17.2. The standard InChI is InChI=1S/C14H18BrNO5S/c1-9-5-10(14(17)18)8-16(7-9)22(19,20)13-6-11(15)3-4-12(13)21-2/h3-4,6,9-10H,5,7-8H2,1-2H3,(H,17,18). The summed E-state index contributed by atoms with van der Waals surface area (Å²) in [5, 5.41) is 9.20. The Labute approximate surface area is 138 Å². The molecule has 0 saturated carbocycles. The third-order valence-electron chi connectivity index (χ3n) is 3.72. The number of aliphatic carboxylic acids is 1. The Morgan fingerprint density at radius 1 is 1.41 bits per heavy atom. The van der Waals surface area contributed by atoms with Crippen LogP contribution >= 0.6 is 15.9 Å². The van der Waals surface area contributed by atoms with Gasteiger partial charge in [0.05, 0.1) is 13.0 Å². The molecule has 0 amide bonds. The Morgan fingerprint density at radius 3 is 2.68 bits per heavy atom. The first-order chi connectivity index (χ1) is 10.3. The molecular weight excluding hydrogens is 374 g/mol. The van der Waals surface area contributed by atoms with E-state index >= 15 is 0 Å². The van der Waals surface area contributed by atoms with E-state index in [2.05, 4.69) is 15.9 Å². The number of hydrogen-bond acceptors (Lipinski definition) is 4. The van der Waals surface area contributed by atoms with Crippen molar-refractivity contribution in [1.82, 2.24) is 4.31 Å². The SMILES string of the molecule is COc1ccc(Br)cc1S(=O)(=O)N1CC(C)CC(C(=O)O)C1. The molecule has 1 aromatic rings. The van der Waals surface area contributed by atoms with Gasteiger partial charge in [-0.1, -0.05) is 22.9 Å². The number of carboxylic acid groups (broad SMARTS) is 1. The minimum atomic E-state index is -3.81. The minimum absolute atomic E-state index is 0.0113. The van der Waals surface area contributed by atoms with Crippen molar-refractivity contribution in [3.8, 4) is 5.75 Å². The molecule has 1 heterocycles. The van der Waals surface area contributed by atoms with E-state index in [1.54, 1.807) is 12.1 Å². The number of nitrogens with zero attached hydrogens (tertiary/aromatic N) is 1. The van der Waals surface area contributed by atoms with E-state index in [-0.39, 0.29) is 23.1 Å².